The molecule has 8 aliphatic heterocycles. The molecule has 0 aliphatic carbocycles. The number of nitrogens with one attached hydrogen (secondary N) is 5. The highest BCUT2D eigenvalue weighted by molar-refractivity contribution is 9.10. The van der Waals surface area contributed by atoms with E-state index in [9.17, 15) is 52.4 Å². The maximum atomic E-state index is 13.9. The number of ketones is 3. The van der Waals surface area contributed by atoms with Crippen LogP contribution in [-0.2, 0) is 65.5 Å². The van der Waals surface area contributed by atoms with Gasteiger partial charge in [-0.25, -0.2) is 43.0 Å². The van der Waals surface area contributed by atoms with Gasteiger partial charge in [-0.15, -0.1) is 0 Å². The molecule has 8 saturated heterocycles. The lowest BCUT2D eigenvalue weighted by Crippen LogP contribution is -2.57. The van der Waals surface area contributed by atoms with Crippen molar-refractivity contribution in [1.82, 2.24) is 58.3 Å². The Balaban J connectivity index is 0.000000150. The fraction of sp³-hybridized carbons (Fsp3) is 0.577. The third-order valence-corrected chi connectivity index (χ3v) is 28.9. The van der Waals surface area contributed by atoms with Gasteiger partial charge in [0.05, 0.1) is 65.6 Å². The second-order valence-electron chi connectivity index (χ2n) is 28.2. The van der Waals surface area contributed by atoms with Crippen LogP contribution in [0.15, 0.2) is 128 Å². The number of halogens is 2. The van der Waals surface area contributed by atoms with E-state index in [-0.39, 0.29) is 55.1 Å². The second-order valence-corrected chi connectivity index (χ2v) is 36.5. The molecule has 13 rings (SSSR count). The Kier molecular flexibility index (Phi) is 27.0. The highest BCUT2D eigenvalue weighted by atomic mass is 79.9. The molecule has 8 fully saturated rings. The number of imidazole rings is 1. The molecule has 0 bridgehead atoms. The standard InChI is InChI=1S/C21H33N3O4S.C19H24N4O4S.C18H27N3O4S.C13H16BrFN2O3S/c1-17(25)18-7-9-20(10-8-18)29(26,27)24-19(6-4-5-15-23(2)3)16-28-21(24)11-13-22-14-12-21;1-14(24)15-2-4-18(5-3-15)28(25,26)23-17(10-16-11-21-13-22-16)12-27-19(23)6-8-20-9-7-19;1-14(22)15-4-6-17(7-5-15)26(23,24)21-16(12-20(2)3)13-25-18(21)8-10-19-11-9-18;14-10-1-2-12(11(15)9-10)21(18,19)17-6-3-13(4-7-17)16-5-8-20-13/h7-10,19,22H,4-6,11-16H2,1-3H3;2-5,11,13,17,20H,6-10,12H2,1H3,(H,21,22);4-7,16,19H,8-13H2,1-3H3;1-2,9,16H,3-8H2. The van der Waals surface area contributed by atoms with Crippen molar-refractivity contribution in [3.05, 3.63) is 136 Å². The minimum absolute atomic E-state index is 0.0768. The van der Waals surface area contributed by atoms with Gasteiger partial charge in [-0.2, -0.15) is 17.2 Å². The number of likely N-dealkylation sites (N-methyl/N-ethyl adjacent to an activating group) is 1. The molecule has 27 nitrogen and oxygen atoms in total. The number of H-pyrrole nitrogens is 1. The van der Waals surface area contributed by atoms with Crippen molar-refractivity contribution in [2.75, 3.05) is 127 Å². The van der Waals surface area contributed by atoms with E-state index in [4.69, 9.17) is 18.9 Å². The van der Waals surface area contributed by atoms with Gasteiger partial charge in [0.1, 0.15) is 33.6 Å². The van der Waals surface area contributed by atoms with Crippen molar-refractivity contribution in [3.8, 4) is 0 Å². The molecule has 104 heavy (non-hydrogen) atoms. The SMILES string of the molecule is CC(=O)c1ccc(S(=O)(=O)N2C(CCCCN(C)C)COC23CCNCC3)cc1.CC(=O)c1ccc(S(=O)(=O)N2C(CN(C)C)COC23CCNCC3)cc1.CC(=O)c1ccc(S(=O)(=O)N2C(Cc3cnc[nH]3)COC23CCNCC3)cc1.O=S(=O)(c1ccc(Br)cc1F)N1CCC2(CC1)NCCO2. The number of rotatable bonds is 20. The van der Waals surface area contributed by atoms with Crippen molar-refractivity contribution in [2.45, 2.75) is 158 Å². The van der Waals surface area contributed by atoms with Gasteiger partial charge in [-0.3, -0.25) is 19.7 Å². The number of hydrogen-bond donors (Lipinski definition) is 5. The zero-order valence-corrected chi connectivity index (χ0v) is 65.1. The average molecular weight is 1590 g/mol. The van der Waals surface area contributed by atoms with Gasteiger partial charge in [-0.05, 0) is 162 Å². The molecule has 0 amide bonds. The Bertz CT molecular complexity index is 4210. The van der Waals surface area contributed by atoms with Gasteiger partial charge in [0.2, 0.25) is 40.1 Å². The Morgan fingerprint density at radius 3 is 1.35 bits per heavy atom. The van der Waals surface area contributed by atoms with Gasteiger partial charge in [0.25, 0.3) is 0 Å². The molecule has 572 valence electrons. The molecule has 3 atom stereocenters. The predicted molar refractivity (Wildman–Crippen MR) is 392 cm³/mol. The topological polar surface area (TPSA) is 321 Å². The number of unbranched alkanes of at least 4 members (excludes halogenated alkanes) is 1. The Morgan fingerprint density at radius 2 is 0.962 bits per heavy atom. The molecular formula is C71H100BrFN12O15S4. The Morgan fingerprint density at radius 1 is 0.538 bits per heavy atom. The highest BCUT2D eigenvalue weighted by Crippen LogP contribution is 2.44. The monoisotopic (exact) mass is 1590 g/mol. The van der Waals surface area contributed by atoms with E-state index < -0.39 is 68.8 Å². The number of nitrogens with zero attached hydrogens (tertiary/aromatic N) is 7. The van der Waals surface area contributed by atoms with E-state index in [1.54, 1.807) is 74.0 Å². The van der Waals surface area contributed by atoms with Gasteiger partial charge < -0.3 is 49.7 Å². The van der Waals surface area contributed by atoms with Crippen LogP contribution >= 0.6 is 15.9 Å². The smallest absolute Gasteiger partial charge is 0.245 e. The van der Waals surface area contributed by atoms with Crippen LogP contribution in [0.3, 0.4) is 0 Å². The Hall–Kier alpha value is -5.25. The molecule has 9 heterocycles. The summed E-state index contributed by atoms with van der Waals surface area (Å²) < 4.78 is 151. The summed E-state index contributed by atoms with van der Waals surface area (Å²) in [4.78, 5) is 46.1. The van der Waals surface area contributed by atoms with Crippen molar-refractivity contribution >= 4 is 73.4 Å². The largest absolute Gasteiger partial charge is 0.359 e. The summed E-state index contributed by atoms with van der Waals surface area (Å²) in [6, 6.07) is 21.9. The third-order valence-electron chi connectivity index (χ3n) is 20.4. The predicted octanol–water partition coefficient (Wildman–Crippen LogP) is 6.02. The lowest BCUT2D eigenvalue weighted by atomic mass is 10.0. The number of aromatic nitrogens is 2. The van der Waals surface area contributed by atoms with Crippen LogP contribution in [0.4, 0.5) is 4.39 Å². The first kappa shape index (κ1) is 81.3. The first-order valence-corrected chi connectivity index (χ1v) is 42.0. The number of ether oxygens (including phenoxy) is 4. The molecule has 0 radical (unpaired) electrons. The molecule has 0 saturated carbocycles. The molecular weight excluding hydrogens is 1490 g/mol. The van der Waals surface area contributed by atoms with Crippen molar-refractivity contribution in [2.24, 2.45) is 0 Å². The normalized spacial score (nSPS) is 22.8. The maximum Gasteiger partial charge on any atom is 0.245 e. The molecule has 8 aliphatic rings. The highest BCUT2D eigenvalue weighted by Gasteiger charge is 2.57. The number of benzene rings is 4. The van der Waals surface area contributed by atoms with Crippen LogP contribution in [0.25, 0.3) is 0 Å². The minimum atomic E-state index is -3.81. The lowest BCUT2D eigenvalue weighted by molar-refractivity contribution is -0.0720. The average Bonchev–Trinajstić information content (AvgIpc) is 1.73. The molecule has 5 aromatic rings. The van der Waals surface area contributed by atoms with Crippen LogP contribution in [-0.4, -0.2) is 256 Å². The zero-order valence-electron chi connectivity index (χ0n) is 60.3. The number of hydrogen-bond acceptors (Lipinski definition) is 22. The zero-order chi connectivity index (χ0) is 74.9. The summed E-state index contributed by atoms with van der Waals surface area (Å²) in [5.41, 5.74) is -0.423. The third kappa shape index (κ3) is 18.5. The summed E-state index contributed by atoms with van der Waals surface area (Å²) >= 11 is 3.13. The number of carbonyl (C=O) groups excluding carboxylic acids is 3. The molecule has 33 heteroatoms. The first-order chi connectivity index (χ1) is 49.4. The summed E-state index contributed by atoms with van der Waals surface area (Å²) in [7, 11) is -7.13. The van der Waals surface area contributed by atoms with Gasteiger partial charge in [-0.1, -0.05) is 58.7 Å². The van der Waals surface area contributed by atoms with E-state index in [2.05, 4.69) is 52.1 Å². The van der Waals surface area contributed by atoms with E-state index >= 15 is 0 Å². The summed E-state index contributed by atoms with van der Waals surface area (Å²) in [6.45, 7) is 13.6. The van der Waals surface area contributed by atoms with Crippen LogP contribution in [0.1, 0.15) is 128 Å². The van der Waals surface area contributed by atoms with Gasteiger partial charge >= 0.3 is 0 Å². The van der Waals surface area contributed by atoms with E-state index in [0.717, 1.165) is 64.2 Å². The molecule has 4 aromatic carbocycles. The number of Topliss-reactive ketones (excluding diaryl/α,β-unsaturated/α-hetero) is 3. The maximum absolute atomic E-state index is 13.9. The summed E-state index contributed by atoms with van der Waals surface area (Å²) in [6.07, 6.45) is 11.4. The van der Waals surface area contributed by atoms with Crippen molar-refractivity contribution < 1.29 is 71.4 Å². The molecule has 3 unspecified atom stereocenters. The number of piperidine rings is 4. The summed E-state index contributed by atoms with van der Waals surface area (Å²) in [5.74, 6) is -0.994. The van der Waals surface area contributed by atoms with Crippen LogP contribution < -0.4 is 21.3 Å². The molecule has 4 spiro atoms. The number of aromatic amines is 1. The second kappa shape index (κ2) is 34.5. The van der Waals surface area contributed by atoms with E-state index in [1.165, 1.54) is 67.5 Å². The van der Waals surface area contributed by atoms with E-state index in [0.29, 0.717) is 138 Å². The molecule has 1 aromatic heterocycles. The fourth-order valence-corrected chi connectivity index (χ4v) is 22.6. The molecule has 5 N–H and O–H groups in total. The summed E-state index contributed by atoms with van der Waals surface area (Å²) in [5, 5.41) is 13.1. The first-order valence-electron chi connectivity index (χ1n) is 35.5. The van der Waals surface area contributed by atoms with Gasteiger partial charge in [0.15, 0.2) is 17.3 Å². The van der Waals surface area contributed by atoms with Crippen LogP contribution in [0.2, 0.25) is 0 Å². The van der Waals surface area contributed by atoms with Crippen LogP contribution in [0, 0.1) is 5.82 Å². The lowest BCUT2D eigenvalue weighted by Gasteiger charge is -2.41. The van der Waals surface area contributed by atoms with Crippen molar-refractivity contribution in [1.29, 1.82) is 0 Å². The van der Waals surface area contributed by atoms with Crippen LogP contribution in [0.5, 0.6) is 0 Å². The van der Waals surface area contributed by atoms with Crippen molar-refractivity contribution in [3.63, 3.8) is 0 Å². The number of carbonyl (C=O) groups is 3. The minimum Gasteiger partial charge on any atom is -0.359 e. The number of sulfonamides is 4. The quantitative estimate of drug-likeness (QED) is 0.0439. The van der Waals surface area contributed by atoms with E-state index in [1.807, 2.05) is 33.1 Å². The fourth-order valence-electron chi connectivity index (χ4n) is 15.0. The van der Waals surface area contributed by atoms with Gasteiger partial charge in [0, 0.05) is 117 Å². The Labute approximate surface area is 620 Å².